The summed E-state index contributed by atoms with van der Waals surface area (Å²) in [7, 11) is 0. The molecule has 1 rings (SSSR count). The molecule has 0 saturated heterocycles. The van der Waals surface area contributed by atoms with Crippen molar-refractivity contribution in [3.63, 3.8) is 0 Å². The second-order valence-electron chi connectivity index (χ2n) is 5.34. The van der Waals surface area contributed by atoms with Crippen LogP contribution in [0.3, 0.4) is 0 Å². The average molecular weight is 248 g/mol. The van der Waals surface area contributed by atoms with Crippen LogP contribution < -0.4 is 5.32 Å². The average Bonchev–Trinajstić information content (AvgIpc) is 2.33. The third-order valence-electron chi connectivity index (χ3n) is 3.03. The van der Waals surface area contributed by atoms with Crippen LogP contribution in [0.15, 0.2) is 18.2 Å². The van der Waals surface area contributed by atoms with E-state index in [9.17, 15) is 4.39 Å². The molecule has 0 aliphatic heterocycles. The van der Waals surface area contributed by atoms with Crippen LogP contribution in [-0.4, -0.2) is 6.54 Å². The number of halogens is 1. The molecule has 1 aromatic rings. The highest BCUT2D eigenvalue weighted by Crippen LogP contribution is 2.21. The number of nitrogens with zero attached hydrogens (tertiary/aromatic N) is 1. The number of nitrogens with one attached hydrogen (secondary N) is 1. The van der Waals surface area contributed by atoms with E-state index in [-0.39, 0.29) is 11.2 Å². The second kappa shape index (κ2) is 6.39. The van der Waals surface area contributed by atoms with Crippen LogP contribution in [0.4, 0.5) is 10.1 Å². The Bertz CT molecular complexity index is 433. The zero-order valence-electron chi connectivity index (χ0n) is 11.4. The van der Waals surface area contributed by atoms with E-state index in [0.717, 1.165) is 31.5 Å². The van der Waals surface area contributed by atoms with Gasteiger partial charge in [0.25, 0.3) is 0 Å². The molecular weight excluding hydrogens is 227 g/mol. The van der Waals surface area contributed by atoms with Gasteiger partial charge in [-0.15, -0.1) is 0 Å². The van der Waals surface area contributed by atoms with Gasteiger partial charge < -0.3 is 5.32 Å². The summed E-state index contributed by atoms with van der Waals surface area (Å²) in [5.41, 5.74) is 1.24. The van der Waals surface area contributed by atoms with E-state index in [0.29, 0.717) is 5.56 Å². The van der Waals surface area contributed by atoms with E-state index in [2.05, 4.69) is 11.4 Å². The maximum absolute atomic E-state index is 13.3. The van der Waals surface area contributed by atoms with Gasteiger partial charge >= 0.3 is 0 Å². The van der Waals surface area contributed by atoms with E-state index in [1.165, 1.54) is 6.07 Å². The lowest BCUT2D eigenvalue weighted by molar-refractivity contribution is 0.430. The first-order valence-electron chi connectivity index (χ1n) is 6.36. The molecule has 3 heteroatoms. The summed E-state index contributed by atoms with van der Waals surface area (Å²) in [5, 5.41) is 12.1. The molecule has 0 saturated carbocycles. The van der Waals surface area contributed by atoms with E-state index >= 15 is 0 Å². The number of aryl methyl sites for hydroxylation is 1. The maximum atomic E-state index is 13.3. The Morgan fingerprint density at radius 2 is 2.06 bits per heavy atom. The fourth-order valence-corrected chi connectivity index (χ4v) is 1.68. The SMILES string of the molecule is Cc1ccc(NCCCCC(C)(C)C#N)cc1F. The molecule has 0 unspecified atom stereocenters. The van der Waals surface area contributed by atoms with Crippen LogP contribution >= 0.6 is 0 Å². The maximum Gasteiger partial charge on any atom is 0.128 e. The standard InChI is InChI=1S/C15H21FN2/c1-12-6-7-13(10-14(12)16)18-9-5-4-8-15(2,3)11-17/h6-7,10,18H,4-5,8-9H2,1-3H3. The monoisotopic (exact) mass is 248 g/mol. The van der Waals surface area contributed by atoms with Crippen molar-refractivity contribution in [1.29, 1.82) is 5.26 Å². The van der Waals surface area contributed by atoms with Crippen molar-refractivity contribution in [1.82, 2.24) is 0 Å². The van der Waals surface area contributed by atoms with E-state index < -0.39 is 0 Å². The van der Waals surface area contributed by atoms with Crippen molar-refractivity contribution in [3.05, 3.63) is 29.6 Å². The number of benzene rings is 1. The fraction of sp³-hybridized carbons (Fsp3) is 0.533. The van der Waals surface area contributed by atoms with Crippen LogP contribution in [-0.2, 0) is 0 Å². The normalized spacial score (nSPS) is 11.1. The zero-order valence-corrected chi connectivity index (χ0v) is 11.4. The van der Waals surface area contributed by atoms with Crippen molar-refractivity contribution < 1.29 is 4.39 Å². The van der Waals surface area contributed by atoms with Gasteiger partial charge in [-0.05, 0) is 51.3 Å². The predicted octanol–water partition coefficient (Wildman–Crippen LogP) is 4.27. The molecule has 0 radical (unpaired) electrons. The number of anilines is 1. The molecule has 0 aliphatic carbocycles. The van der Waals surface area contributed by atoms with Crippen LogP contribution in [0, 0.1) is 29.5 Å². The fourth-order valence-electron chi connectivity index (χ4n) is 1.68. The van der Waals surface area contributed by atoms with Gasteiger partial charge in [0.15, 0.2) is 0 Å². The molecule has 0 amide bonds. The Morgan fingerprint density at radius 3 is 2.67 bits per heavy atom. The summed E-state index contributed by atoms with van der Waals surface area (Å²) in [4.78, 5) is 0. The molecule has 0 aliphatic rings. The second-order valence-corrected chi connectivity index (χ2v) is 5.34. The Morgan fingerprint density at radius 1 is 1.33 bits per heavy atom. The van der Waals surface area contributed by atoms with Crippen LogP contribution in [0.25, 0.3) is 0 Å². The molecule has 1 N–H and O–H groups in total. The first kappa shape index (κ1) is 14.5. The van der Waals surface area contributed by atoms with E-state index in [1.807, 2.05) is 19.9 Å². The molecule has 0 spiro atoms. The Labute approximate surface area is 109 Å². The minimum Gasteiger partial charge on any atom is -0.385 e. The highest BCUT2D eigenvalue weighted by Gasteiger charge is 2.15. The molecule has 0 aromatic heterocycles. The Balaban J connectivity index is 2.26. The summed E-state index contributed by atoms with van der Waals surface area (Å²) < 4.78 is 13.3. The molecule has 2 nitrogen and oxygen atoms in total. The molecule has 0 fully saturated rings. The number of rotatable bonds is 6. The van der Waals surface area contributed by atoms with Crippen molar-refractivity contribution in [2.75, 3.05) is 11.9 Å². The van der Waals surface area contributed by atoms with Crippen molar-refractivity contribution >= 4 is 5.69 Å². The number of unbranched alkanes of at least 4 members (excludes halogenated alkanes) is 1. The van der Waals surface area contributed by atoms with Crippen LogP contribution in [0.1, 0.15) is 38.7 Å². The molecule has 98 valence electrons. The highest BCUT2D eigenvalue weighted by molar-refractivity contribution is 5.44. The van der Waals surface area contributed by atoms with Crippen LogP contribution in [0.2, 0.25) is 0 Å². The smallest absolute Gasteiger partial charge is 0.128 e. The number of hydrogen-bond donors (Lipinski definition) is 1. The summed E-state index contributed by atoms with van der Waals surface area (Å²) in [5.74, 6) is -0.175. The summed E-state index contributed by atoms with van der Waals surface area (Å²) >= 11 is 0. The molecular formula is C15H21FN2. The molecule has 0 bridgehead atoms. The lowest BCUT2D eigenvalue weighted by Gasteiger charge is -2.14. The minimum atomic E-state index is -0.240. The minimum absolute atomic E-state index is 0.175. The largest absolute Gasteiger partial charge is 0.385 e. The van der Waals surface area contributed by atoms with Gasteiger partial charge in [-0.3, -0.25) is 0 Å². The van der Waals surface area contributed by atoms with E-state index in [4.69, 9.17) is 5.26 Å². The van der Waals surface area contributed by atoms with E-state index in [1.54, 1.807) is 13.0 Å². The van der Waals surface area contributed by atoms with Crippen molar-refractivity contribution in [3.8, 4) is 6.07 Å². The Hall–Kier alpha value is -1.56. The first-order chi connectivity index (χ1) is 8.44. The summed E-state index contributed by atoms with van der Waals surface area (Å²) in [6.07, 6.45) is 2.88. The number of nitriles is 1. The zero-order chi connectivity index (χ0) is 13.6. The van der Waals surface area contributed by atoms with Crippen molar-refractivity contribution in [2.45, 2.75) is 40.0 Å². The molecule has 0 heterocycles. The third-order valence-corrected chi connectivity index (χ3v) is 3.03. The van der Waals surface area contributed by atoms with Crippen molar-refractivity contribution in [2.24, 2.45) is 5.41 Å². The first-order valence-corrected chi connectivity index (χ1v) is 6.36. The molecule has 18 heavy (non-hydrogen) atoms. The summed E-state index contributed by atoms with van der Waals surface area (Å²) in [6.45, 7) is 6.47. The molecule has 1 aromatic carbocycles. The number of hydrogen-bond acceptors (Lipinski definition) is 2. The van der Waals surface area contributed by atoms with Gasteiger partial charge in [-0.1, -0.05) is 12.5 Å². The quantitative estimate of drug-likeness (QED) is 0.763. The van der Waals surface area contributed by atoms with Gasteiger partial charge in [-0.2, -0.15) is 5.26 Å². The van der Waals surface area contributed by atoms with Gasteiger partial charge in [0, 0.05) is 12.2 Å². The lowest BCUT2D eigenvalue weighted by atomic mass is 9.89. The van der Waals surface area contributed by atoms with Gasteiger partial charge in [0.1, 0.15) is 5.82 Å². The van der Waals surface area contributed by atoms with Gasteiger partial charge in [0.05, 0.1) is 11.5 Å². The molecule has 0 atom stereocenters. The highest BCUT2D eigenvalue weighted by atomic mass is 19.1. The topological polar surface area (TPSA) is 35.8 Å². The summed E-state index contributed by atoms with van der Waals surface area (Å²) in [6, 6.07) is 7.48. The van der Waals surface area contributed by atoms with Gasteiger partial charge in [0.2, 0.25) is 0 Å². The third kappa shape index (κ3) is 4.75. The predicted molar refractivity (Wildman–Crippen MR) is 72.9 cm³/mol. The lowest BCUT2D eigenvalue weighted by Crippen LogP contribution is -2.09. The Kier molecular flexibility index (Phi) is 5.15. The van der Waals surface area contributed by atoms with Crippen LogP contribution in [0.5, 0.6) is 0 Å². The van der Waals surface area contributed by atoms with Gasteiger partial charge in [-0.25, -0.2) is 4.39 Å².